The number of halogens is 1. The molecule has 1 atom stereocenters. The van der Waals surface area contributed by atoms with E-state index in [0.29, 0.717) is 18.1 Å². The summed E-state index contributed by atoms with van der Waals surface area (Å²) in [6.45, 7) is 5.12. The van der Waals surface area contributed by atoms with E-state index >= 15 is 0 Å². The largest absolute Gasteiger partial charge is 0.492 e. The Bertz CT molecular complexity index is 773. The summed E-state index contributed by atoms with van der Waals surface area (Å²) in [6.07, 6.45) is 0.714. The van der Waals surface area contributed by atoms with Gasteiger partial charge in [-0.15, -0.1) is 0 Å². The summed E-state index contributed by atoms with van der Waals surface area (Å²) in [6, 6.07) is 16.2. The summed E-state index contributed by atoms with van der Waals surface area (Å²) in [5, 5.41) is 0.693. The summed E-state index contributed by atoms with van der Waals surface area (Å²) in [5.41, 5.74) is 2.40. The molecule has 0 bridgehead atoms. The van der Waals surface area contributed by atoms with E-state index in [2.05, 4.69) is 24.3 Å². The number of rotatable bonds is 3. The molecule has 2 aliphatic heterocycles. The second-order valence-corrected chi connectivity index (χ2v) is 7.64. The van der Waals surface area contributed by atoms with Crippen LogP contribution in [0.5, 0.6) is 5.75 Å². The van der Waals surface area contributed by atoms with Gasteiger partial charge < -0.3 is 14.5 Å². The van der Waals surface area contributed by atoms with Crippen molar-refractivity contribution in [3.63, 3.8) is 0 Å². The molecule has 1 fully saturated rings. The molecular weight excluding hydrogens is 348 g/mol. The Balaban J connectivity index is 1.32. The van der Waals surface area contributed by atoms with Gasteiger partial charge in [0.15, 0.2) is 0 Å². The molecular formula is C21H24ClN2O2+. The second kappa shape index (κ2) is 7.68. The topological polar surface area (TPSA) is 34.0 Å². The lowest BCUT2D eigenvalue weighted by atomic mass is 9.95. The van der Waals surface area contributed by atoms with Gasteiger partial charge in [-0.05, 0) is 30.2 Å². The van der Waals surface area contributed by atoms with E-state index in [9.17, 15) is 4.79 Å². The van der Waals surface area contributed by atoms with Crippen LogP contribution in [-0.2, 0) is 17.8 Å². The third kappa shape index (κ3) is 3.87. The first-order chi connectivity index (χ1) is 12.7. The minimum atomic E-state index is -0.100. The van der Waals surface area contributed by atoms with Crippen LogP contribution in [0.1, 0.15) is 11.1 Å². The lowest BCUT2D eigenvalue weighted by Gasteiger charge is -2.35. The monoisotopic (exact) mass is 371 g/mol. The Morgan fingerprint density at radius 2 is 1.92 bits per heavy atom. The van der Waals surface area contributed by atoms with Gasteiger partial charge in [0.1, 0.15) is 18.9 Å². The predicted molar refractivity (Wildman–Crippen MR) is 102 cm³/mol. The Labute approximate surface area is 159 Å². The van der Waals surface area contributed by atoms with E-state index in [1.165, 1.54) is 10.5 Å². The zero-order chi connectivity index (χ0) is 17.9. The molecule has 0 aliphatic carbocycles. The number of nitrogens with one attached hydrogen (secondary N) is 1. The van der Waals surface area contributed by atoms with E-state index in [1.54, 1.807) is 0 Å². The van der Waals surface area contributed by atoms with Gasteiger partial charge >= 0.3 is 0 Å². The summed E-state index contributed by atoms with van der Waals surface area (Å²) in [7, 11) is 0. The highest BCUT2D eigenvalue weighted by atomic mass is 35.5. The summed E-state index contributed by atoms with van der Waals surface area (Å²) in [5.74, 6) is 0.974. The molecule has 2 heterocycles. The molecule has 0 spiro atoms. The fraction of sp³-hybridized carbons (Fsp3) is 0.381. The van der Waals surface area contributed by atoms with E-state index in [1.807, 2.05) is 29.2 Å². The summed E-state index contributed by atoms with van der Waals surface area (Å²) in [4.78, 5) is 16.5. The highest BCUT2D eigenvalue weighted by Crippen LogP contribution is 2.30. The first-order valence-corrected chi connectivity index (χ1v) is 9.64. The number of piperazine rings is 1. The minimum absolute atomic E-state index is 0.100. The van der Waals surface area contributed by atoms with Gasteiger partial charge in [-0.25, -0.2) is 0 Å². The van der Waals surface area contributed by atoms with Crippen LogP contribution in [0.25, 0.3) is 0 Å². The van der Waals surface area contributed by atoms with Gasteiger partial charge in [0.2, 0.25) is 5.91 Å². The molecule has 136 valence electrons. The van der Waals surface area contributed by atoms with Crippen LogP contribution in [-0.4, -0.2) is 43.6 Å². The highest BCUT2D eigenvalue weighted by molar-refractivity contribution is 6.30. The Hall–Kier alpha value is -2.04. The van der Waals surface area contributed by atoms with E-state index in [0.717, 1.165) is 44.0 Å². The number of nitrogens with zero attached hydrogens (tertiary/aromatic N) is 1. The van der Waals surface area contributed by atoms with Crippen LogP contribution >= 0.6 is 11.6 Å². The SMILES string of the molecule is O=C([C@@H]1COc2ccc(Cl)cc2C1)N1CC[NH+](Cc2ccccc2)CC1. The van der Waals surface area contributed by atoms with Crippen molar-refractivity contribution in [3.8, 4) is 5.75 Å². The van der Waals surface area contributed by atoms with E-state index in [4.69, 9.17) is 16.3 Å². The number of hydrogen-bond acceptors (Lipinski definition) is 2. The lowest BCUT2D eigenvalue weighted by Crippen LogP contribution is -3.13. The van der Waals surface area contributed by atoms with Gasteiger partial charge in [0.25, 0.3) is 0 Å². The second-order valence-electron chi connectivity index (χ2n) is 7.20. The maximum absolute atomic E-state index is 12.9. The van der Waals surface area contributed by atoms with Gasteiger partial charge in [-0.2, -0.15) is 0 Å². The number of hydrogen-bond donors (Lipinski definition) is 1. The van der Waals surface area contributed by atoms with Gasteiger partial charge in [0.05, 0.1) is 32.1 Å². The van der Waals surface area contributed by atoms with Gasteiger partial charge in [0, 0.05) is 10.6 Å². The third-order valence-corrected chi connectivity index (χ3v) is 5.59. The van der Waals surface area contributed by atoms with Gasteiger partial charge in [-0.1, -0.05) is 41.9 Å². The molecule has 0 radical (unpaired) electrons. The Kier molecular flexibility index (Phi) is 5.14. The zero-order valence-electron chi connectivity index (χ0n) is 14.8. The first kappa shape index (κ1) is 17.4. The molecule has 4 rings (SSSR count). The van der Waals surface area contributed by atoms with Crippen molar-refractivity contribution in [2.75, 3.05) is 32.8 Å². The van der Waals surface area contributed by atoms with E-state index in [-0.39, 0.29) is 11.8 Å². The lowest BCUT2D eigenvalue weighted by molar-refractivity contribution is -0.917. The Morgan fingerprint density at radius 1 is 1.15 bits per heavy atom. The van der Waals surface area contributed by atoms with Crippen molar-refractivity contribution in [2.24, 2.45) is 5.92 Å². The molecule has 0 saturated carbocycles. The van der Waals surface area contributed by atoms with E-state index < -0.39 is 0 Å². The first-order valence-electron chi connectivity index (χ1n) is 9.26. The van der Waals surface area contributed by atoms with Crippen LogP contribution in [0.15, 0.2) is 48.5 Å². The number of quaternary nitrogens is 1. The smallest absolute Gasteiger partial charge is 0.229 e. The predicted octanol–water partition coefficient (Wildman–Crippen LogP) is 1.82. The average Bonchev–Trinajstić information content (AvgIpc) is 2.68. The van der Waals surface area contributed by atoms with Crippen LogP contribution in [0.2, 0.25) is 5.02 Å². The number of carbonyl (C=O) groups excluding carboxylic acids is 1. The maximum Gasteiger partial charge on any atom is 0.229 e. The molecule has 0 unspecified atom stereocenters. The molecule has 0 aromatic heterocycles. The molecule has 2 aliphatic rings. The standard InChI is InChI=1S/C21H23ClN2O2/c22-19-6-7-20-17(13-19)12-18(15-26-20)21(25)24-10-8-23(9-11-24)14-16-4-2-1-3-5-16/h1-7,13,18H,8-12,14-15H2/p+1/t18-/m0/s1. The average molecular weight is 372 g/mol. The number of fused-ring (bicyclic) bond motifs is 1. The van der Waals surface area contributed by atoms with Crippen LogP contribution in [0.3, 0.4) is 0 Å². The molecule has 1 N–H and O–H groups in total. The van der Waals surface area contributed by atoms with Crippen LogP contribution in [0, 0.1) is 5.92 Å². The molecule has 1 amide bonds. The van der Waals surface area contributed by atoms with Crippen molar-refractivity contribution in [1.29, 1.82) is 0 Å². The molecule has 2 aromatic rings. The summed E-state index contributed by atoms with van der Waals surface area (Å²) < 4.78 is 5.79. The molecule has 5 heteroatoms. The third-order valence-electron chi connectivity index (χ3n) is 5.36. The number of benzene rings is 2. The molecule has 2 aromatic carbocycles. The number of amides is 1. The zero-order valence-corrected chi connectivity index (χ0v) is 15.5. The van der Waals surface area contributed by atoms with Crippen molar-refractivity contribution < 1.29 is 14.4 Å². The molecule has 1 saturated heterocycles. The fourth-order valence-electron chi connectivity index (χ4n) is 3.88. The minimum Gasteiger partial charge on any atom is -0.492 e. The van der Waals surface area contributed by atoms with Crippen LogP contribution < -0.4 is 9.64 Å². The highest BCUT2D eigenvalue weighted by Gasteiger charge is 2.32. The maximum atomic E-state index is 12.9. The number of ether oxygens (including phenoxy) is 1. The molecule has 26 heavy (non-hydrogen) atoms. The van der Waals surface area contributed by atoms with Crippen molar-refractivity contribution >= 4 is 17.5 Å². The van der Waals surface area contributed by atoms with Crippen LogP contribution in [0.4, 0.5) is 0 Å². The number of carbonyl (C=O) groups is 1. The normalized spacial score (nSPS) is 20.3. The van der Waals surface area contributed by atoms with Gasteiger partial charge in [-0.3, -0.25) is 4.79 Å². The fourth-order valence-corrected chi connectivity index (χ4v) is 4.08. The Morgan fingerprint density at radius 3 is 2.69 bits per heavy atom. The van der Waals surface area contributed by atoms with Crippen molar-refractivity contribution in [3.05, 3.63) is 64.7 Å². The van der Waals surface area contributed by atoms with Crippen molar-refractivity contribution in [2.45, 2.75) is 13.0 Å². The quantitative estimate of drug-likeness (QED) is 0.893. The summed E-state index contributed by atoms with van der Waals surface area (Å²) >= 11 is 6.08. The molecule has 4 nitrogen and oxygen atoms in total. The van der Waals surface area contributed by atoms with Crippen molar-refractivity contribution in [1.82, 2.24) is 4.90 Å².